The molecule has 1 atom stereocenters. The molecule has 4 rings (SSSR count). The molecule has 3 aromatic rings. The Labute approximate surface area is 212 Å². The van der Waals surface area contributed by atoms with Gasteiger partial charge in [-0.05, 0) is 56.4 Å². The SMILES string of the molecule is CCOC(=O)Cn1c(=NC(=O)C2CCCN(S(=O)(=O)c3ccccc3)C2)sc2cc(SC)ccc21. The second-order valence-corrected chi connectivity index (χ2v) is 11.9. The molecule has 2 aromatic carbocycles. The molecule has 1 aliphatic rings. The number of thiazole rings is 1. The van der Waals surface area contributed by atoms with Crippen LogP contribution in [0.2, 0.25) is 0 Å². The first kappa shape index (κ1) is 25.6. The van der Waals surface area contributed by atoms with Gasteiger partial charge in [0.1, 0.15) is 6.54 Å². The number of nitrogens with zero attached hydrogens (tertiary/aromatic N) is 3. The van der Waals surface area contributed by atoms with Crippen LogP contribution in [0.15, 0.2) is 63.3 Å². The predicted octanol–water partition coefficient (Wildman–Crippen LogP) is 3.52. The number of amides is 1. The molecule has 0 aliphatic carbocycles. The van der Waals surface area contributed by atoms with Gasteiger partial charge >= 0.3 is 5.97 Å². The molecule has 1 saturated heterocycles. The van der Waals surface area contributed by atoms with Crippen molar-refractivity contribution in [2.75, 3.05) is 26.0 Å². The third kappa shape index (κ3) is 5.69. The van der Waals surface area contributed by atoms with E-state index in [4.69, 9.17) is 4.74 Å². The van der Waals surface area contributed by atoms with Gasteiger partial charge in [-0.1, -0.05) is 29.5 Å². The van der Waals surface area contributed by atoms with Crippen LogP contribution < -0.4 is 4.80 Å². The van der Waals surface area contributed by atoms with E-state index in [-0.39, 0.29) is 30.5 Å². The number of thioether (sulfide) groups is 1. The zero-order chi connectivity index (χ0) is 25.0. The lowest BCUT2D eigenvalue weighted by Crippen LogP contribution is -2.42. The van der Waals surface area contributed by atoms with Gasteiger partial charge in [0.15, 0.2) is 4.80 Å². The smallest absolute Gasteiger partial charge is 0.326 e. The van der Waals surface area contributed by atoms with Gasteiger partial charge < -0.3 is 9.30 Å². The third-order valence-corrected chi connectivity index (χ3v) is 9.45. The molecule has 35 heavy (non-hydrogen) atoms. The molecular weight excluding hydrogens is 506 g/mol. The van der Waals surface area contributed by atoms with E-state index in [1.165, 1.54) is 15.6 Å². The van der Waals surface area contributed by atoms with Crippen LogP contribution in [0.25, 0.3) is 10.2 Å². The monoisotopic (exact) mass is 533 g/mol. The number of esters is 1. The van der Waals surface area contributed by atoms with Crippen LogP contribution in [0, 0.1) is 5.92 Å². The van der Waals surface area contributed by atoms with Gasteiger partial charge in [-0.15, -0.1) is 11.8 Å². The van der Waals surface area contributed by atoms with Crippen LogP contribution in [-0.4, -0.2) is 55.1 Å². The van der Waals surface area contributed by atoms with Gasteiger partial charge in [-0.3, -0.25) is 9.59 Å². The minimum Gasteiger partial charge on any atom is -0.465 e. The lowest BCUT2D eigenvalue weighted by atomic mass is 9.99. The minimum atomic E-state index is -3.69. The van der Waals surface area contributed by atoms with Crippen LogP contribution in [0.4, 0.5) is 0 Å². The quantitative estimate of drug-likeness (QED) is 0.341. The summed E-state index contributed by atoms with van der Waals surface area (Å²) in [6.45, 7) is 2.39. The molecular formula is C24H27N3O5S3. The van der Waals surface area contributed by atoms with E-state index in [2.05, 4.69) is 4.99 Å². The highest BCUT2D eigenvalue weighted by Gasteiger charge is 2.33. The van der Waals surface area contributed by atoms with Gasteiger partial charge in [0, 0.05) is 18.0 Å². The molecule has 0 radical (unpaired) electrons. The number of fused-ring (bicyclic) bond motifs is 1. The van der Waals surface area contributed by atoms with Gasteiger partial charge in [0.25, 0.3) is 5.91 Å². The number of carbonyl (C=O) groups is 2. The maximum absolute atomic E-state index is 13.2. The molecule has 11 heteroatoms. The highest BCUT2D eigenvalue weighted by molar-refractivity contribution is 7.98. The van der Waals surface area contributed by atoms with Gasteiger partial charge in [-0.25, -0.2) is 8.42 Å². The van der Waals surface area contributed by atoms with E-state index in [9.17, 15) is 18.0 Å². The Morgan fingerprint density at radius 1 is 1.20 bits per heavy atom. The molecule has 8 nitrogen and oxygen atoms in total. The van der Waals surface area contributed by atoms with Gasteiger partial charge in [0.2, 0.25) is 10.0 Å². The van der Waals surface area contributed by atoms with E-state index in [1.54, 1.807) is 53.6 Å². The molecule has 0 saturated carbocycles. The fourth-order valence-electron chi connectivity index (χ4n) is 4.04. The first-order chi connectivity index (χ1) is 16.8. The number of ether oxygens (including phenoxy) is 1. The third-order valence-electron chi connectivity index (χ3n) is 5.80. The summed E-state index contributed by atoms with van der Waals surface area (Å²) in [6.07, 6.45) is 3.11. The molecule has 1 unspecified atom stereocenters. The number of hydrogen-bond acceptors (Lipinski definition) is 7. The molecule has 2 heterocycles. The van der Waals surface area contributed by atoms with E-state index < -0.39 is 21.9 Å². The Balaban J connectivity index is 1.65. The van der Waals surface area contributed by atoms with Crippen molar-refractivity contribution in [3.8, 4) is 0 Å². The highest BCUT2D eigenvalue weighted by atomic mass is 32.2. The fraction of sp³-hybridized carbons (Fsp3) is 0.375. The van der Waals surface area contributed by atoms with Crippen molar-refractivity contribution in [1.29, 1.82) is 0 Å². The summed E-state index contributed by atoms with van der Waals surface area (Å²) in [5.74, 6) is -1.34. The Kier molecular flexibility index (Phi) is 8.10. The second kappa shape index (κ2) is 11.1. The summed E-state index contributed by atoms with van der Waals surface area (Å²) < 4.78 is 35.2. The van der Waals surface area contributed by atoms with Gasteiger partial charge in [0.05, 0.1) is 27.6 Å². The van der Waals surface area contributed by atoms with Crippen molar-refractivity contribution >= 4 is 55.2 Å². The summed E-state index contributed by atoms with van der Waals surface area (Å²) in [5, 5.41) is 0. The number of rotatable bonds is 7. The molecule has 186 valence electrons. The van der Waals surface area contributed by atoms with E-state index in [1.807, 2.05) is 24.5 Å². The Morgan fingerprint density at radius 2 is 1.97 bits per heavy atom. The van der Waals surface area contributed by atoms with E-state index in [0.717, 1.165) is 15.1 Å². The van der Waals surface area contributed by atoms with Crippen LogP contribution in [0.5, 0.6) is 0 Å². The summed E-state index contributed by atoms with van der Waals surface area (Å²) >= 11 is 2.94. The van der Waals surface area contributed by atoms with E-state index >= 15 is 0 Å². The number of carbonyl (C=O) groups excluding carboxylic acids is 2. The standard InChI is InChI=1S/C24H27N3O5S3/c1-3-32-22(28)16-27-20-12-11-18(33-2)14-21(20)34-24(27)25-23(29)17-8-7-13-26(15-17)35(30,31)19-9-5-4-6-10-19/h4-6,9-12,14,17H,3,7-8,13,15-16H2,1-2H3. The Hall–Kier alpha value is -2.47. The fourth-order valence-corrected chi connectivity index (χ4v) is 7.18. The van der Waals surface area contributed by atoms with Crippen LogP contribution >= 0.6 is 23.1 Å². The molecule has 1 amide bonds. The topological polar surface area (TPSA) is 98.0 Å². The summed E-state index contributed by atoms with van der Waals surface area (Å²) in [7, 11) is -3.69. The lowest BCUT2D eigenvalue weighted by Gasteiger charge is -2.30. The summed E-state index contributed by atoms with van der Waals surface area (Å²) in [4.78, 5) is 31.6. The first-order valence-corrected chi connectivity index (χ1v) is 14.8. The first-order valence-electron chi connectivity index (χ1n) is 11.3. The molecule has 0 bridgehead atoms. The zero-order valence-electron chi connectivity index (χ0n) is 19.5. The predicted molar refractivity (Wildman–Crippen MR) is 137 cm³/mol. The van der Waals surface area contributed by atoms with E-state index in [0.29, 0.717) is 24.2 Å². The van der Waals surface area contributed by atoms with Crippen molar-refractivity contribution in [1.82, 2.24) is 8.87 Å². The largest absolute Gasteiger partial charge is 0.465 e. The average Bonchev–Trinajstić information content (AvgIpc) is 3.20. The van der Waals surface area contributed by atoms with Crippen LogP contribution in [0.3, 0.4) is 0 Å². The average molecular weight is 534 g/mol. The van der Waals surface area contributed by atoms with Crippen molar-refractivity contribution in [2.24, 2.45) is 10.9 Å². The Morgan fingerprint density at radius 3 is 2.69 bits per heavy atom. The van der Waals surface area contributed by atoms with Crippen LogP contribution in [-0.2, 0) is 30.9 Å². The Bertz CT molecular complexity index is 1400. The maximum atomic E-state index is 13.2. The zero-order valence-corrected chi connectivity index (χ0v) is 22.0. The highest BCUT2D eigenvalue weighted by Crippen LogP contribution is 2.26. The minimum absolute atomic E-state index is 0.0578. The number of aromatic nitrogens is 1. The van der Waals surface area contributed by atoms with Gasteiger partial charge in [-0.2, -0.15) is 9.30 Å². The second-order valence-electron chi connectivity index (χ2n) is 8.07. The van der Waals surface area contributed by atoms with Crippen molar-refractivity contribution < 1.29 is 22.7 Å². The number of piperidine rings is 1. The number of sulfonamides is 1. The lowest BCUT2D eigenvalue weighted by molar-refractivity contribution is -0.143. The van der Waals surface area contributed by atoms with Crippen molar-refractivity contribution in [3.63, 3.8) is 0 Å². The normalized spacial score (nSPS) is 17.5. The molecule has 0 spiro atoms. The number of hydrogen-bond donors (Lipinski definition) is 0. The summed E-state index contributed by atoms with van der Waals surface area (Å²) in [5.41, 5.74) is 0.796. The molecule has 1 fully saturated rings. The molecule has 0 N–H and O–H groups in total. The number of benzene rings is 2. The summed E-state index contributed by atoms with van der Waals surface area (Å²) in [6, 6.07) is 14.1. The van der Waals surface area contributed by atoms with Crippen molar-refractivity contribution in [3.05, 3.63) is 53.3 Å². The molecule has 1 aromatic heterocycles. The maximum Gasteiger partial charge on any atom is 0.326 e. The van der Waals surface area contributed by atoms with Crippen molar-refractivity contribution in [2.45, 2.75) is 36.1 Å². The van der Waals surface area contributed by atoms with Crippen LogP contribution in [0.1, 0.15) is 19.8 Å². The molecule has 1 aliphatic heterocycles.